The lowest BCUT2D eigenvalue weighted by Crippen LogP contribution is -2.22. The van der Waals surface area contributed by atoms with Gasteiger partial charge in [0, 0.05) is 16.1 Å². The molecule has 7 heteroatoms. The van der Waals surface area contributed by atoms with Crippen LogP contribution in [0.2, 0.25) is 5.02 Å². The van der Waals surface area contributed by atoms with Gasteiger partial charge in [-0.2, -0.15) is 5.10 Å². The second-order valence-corrected chi connectivity index (χ2v) is 8.68. The summed E-state index contributed by atoms with van der Waals surface area (Å²) in [6.45, 7) is 0. The molecule has 0 aliphatic heterocycles. The highest BCUT2D eigenvalue weighted by molar-refractivity contribution is 6.30. The summed E-state index contributed by atoms with van der Waals surface area (Å²) in [5, 5.41) is 5.40. The first-order valence-electron chi connectivity index (χ1n) is 11.3. The third kappa shape index (κ3) is 3.78. The molecule has 0 bridgehead atoms. The van der Waals surface area contributed by atoms with Crippen LogP contribution in [0.4, 0.5) is 4.39 Å². The fourth-order valence-corrected chi connectivity index (χ4v) is 4.37. The molecule has 0 N–H and O–H groups in total. The van der Waals surface area contributed by atoms with E-state index in [-0.39, 0.29) is 11.4 Å². The van der Waals surface area contributed by atoms with E-state index in [1.807, 2.05) is 54.6 Å². The van der Waals surface area contributed by atoms with Crippen molar-refractivity contribution < 1.29 is 4.39 Å². The molecule has 5 nitrogen and oxygen atoms in total. The second-order valence-electron chi connectivity index (χ2n) is 8.24. The molecular formula is C29H18ClFN4O. The molecule has 0 saturated heterocycles. The van der Waals surface area contributed by atoms with Crippen LogP contribution in [-0.4, -0.2) is 19.3 Å². The quantitative estimate of drug-likeness (QED) is 0.275. The molecule has 0 aliphatic rings. The lowest BCUT2D eigenvalue weighted by molar-refractivity contribution is 0.631. The van der Waals surface area contributed by atoms with Crippen LogP contribution in [0.3, 0.4) is 0 Å². The number of fused-ring (bicyclic) bond motifs is 1. The van der Waals surface area contributed by atoms with Gasteiger partial charge < -0.3 is 0 Å². The molecule has 36 heavy (non-hydrogen) atoms. The van der Waals surface area contributed by atoms with E-state index in [1.165, 1.54) is 12.3 Å². The van der Waals surface area contributed by atoms with Crippen LogP contribution in [-0.2, 0) is 0 Å². The Bertz CT molecular complexity index is 1760. The van der Waals surface area contributed by atoms with Gasteiger partial charge in [0.15, 0.2) is 5.65 Å². The van der Waals surface area contributed by atoms with E-state index in [2.05, 4.69) is 5.10 Å². The summed E-state index contributed by atoms with van der Waals surface area (Å²) in [6.07, 6.45) is 1.54. The number of nitrogens with zero attached hydrogens (tertiary/aromatic N) is 4. The topological polar surface area (TPSA) is 52.7 Å². The Morgan fingerprint density at radius 3 is 2.11 bits per heavy atom. The normalized spacial score (nSPS) is 11.2. The minimum atomic E-state index is -0.297. The molecular weight excluding hydrogens is 475 g/mol. The highest BCUT2D eigenvalue weighted by Gasteiger charge is 2.19. The van der Waals surface area contributed by atoms with Crippen LogP contribution in [0.5, 0.6) is 0 Å². The smallest absolute Gasteiger partial charge is 0.268 e. The predicted molar refractivity (Wildman–Crippen MR) is 140 cm³/mol. The maximum atomic E-state index is 14.3. The molecule has 0 spiro atoms. The predicted octanol–water partition coefficient (Wildman–Crippen LogP) is 6.70. The number of aromatic nitrogens is 4. The van der Waals surface area contributed by atoms with E-state index in [1.54, 1.807) is 51.7 Å². The number of rotatable bonds is 4. The molecule has 174 valence electrons. The molecule has 2 aromatic heterocycles. The standard InChI is InChI=1S/C29H18ClFN4O/c30-21-14-16-22(17-15-21)34-27(20-12-10-19(11-13-20)24-8-4-5-9-26(24)31)33-28-25(29(34)36)18-32-35(28)23-6-2-1-3-7-23/h1-18H. The van der Waals surface area contributed by atoms with Gasteiger partial charge in [-0.25, -0.2) is 14.1 Å². The average Bonchev–Trinajstić information content (AvgIpc) is 3.35. The van der Waals surface area contributed by atoms with Crippen molar-refractivity contribution in [1.82, 2.24) is 19.3 Å². The fraction of sp³-hybridized carbons (Fsp3) is 0. The van der Waals surface area contributed by atoms with Crippen LogP contribution in [0, 0.1) is 5.82 Å². The summed E-state index contributed by atoms with van der Waals surface area (Å²) in [7, 11) is 0. The van der Waals surface area contributed by atoms with Gasteiger partial charge in [-0.15, -0.1) is 0 Å². The number of hydrogen-bond acceptors (Lipinski definition) is 3. The van der Waals surface area contributed by atoms with Crippen molar-refractivity contribution >= 4 is 22.6 Å². The summed E-state index contributed by atoms with van der Waals surface area (Å²) in [5.41, 5.74) is 3.55. The van der Waals surface area contributed by atoms with Crippen molar-refractivity contribution in [3.8, 4) is 33.9 Å². The van der Waals surface area contributed by atoms with Gasteiger partial charge in [-0.05, 0) is 48.0 Å². The summed E-state index contributed by atoms with van der Waals surface area (Å²) in [6, 6.07) is 30.5. The van der Waals surface area contributed by atoms with Crippen LogP contribution in [0.1, 0.15) is 0 Å². The molecule has 6 rings (SSSR count). The molecule has 4 aromatic carbocycles. The monoisotopic (exact) mass is 492 g/mol. The highest BCUT2D eigenvalue weighted by Crippen LogP contribution is 2.28. The summed E-state index contributed by atoms with van der Waals surface area (Å²) < 4.78 is 17.5. The van der Waals surface area contributed by atoms with Crippen molar-refractivity contribution in [1.29, 1.82) is 0 Å². The summed E-state index contributed by atoms with van der Waals surface area (Å²) in [5.74, 6) is 0.141. The van der Waals surface area contributed by atoms with Crippen LogP contribution >= 0.6 is 11.6 Å². The molecule has 0 saturated carbocycles. The number of hydrogen-bond donors (Lipinski definition) is 0. The lowest BCUT2D eigenvalue weighted by atomic mass is 10.0. The molecule has 0 unspecified atom stereocenters. The van der Waals surface area contributed by atoms with Crippen molar-refractivity contribution in [2.24, 2.45) is 0 Å². The third-order valence-electron chi connectivity index (χ3n) is 6.01. The van der Waals surface area contributed by atoms with Gasteiger partial charge in [0.2, 0.25) is 0 Å². The van der Waals surface area contributed by atoms with Crippen molar-refractivity contribution in [2.75, 3.05) is 0 Å². The molecule has 0 radical (unpaired) electrons. The van der Waals surface area contributed by atoms with Crippen LogP contribution in [0.25, 0.3) is 44.9 Å². The second kappa shape index (κ2) is 8.91. The Balaban J connectivity index is 1.59. The Morgan fingerprint density at radius 2 is 1.39 bits per heavy atom. The number of benzene rings is 4. The van der Waals surface area contributed by atoms with E-state index in [9.17, 15) is 9.18 Å². The third-order valence-corrected chi connectivity index (χ3v) is 6.27. The van der Waals surface area contributed by atoms with Crippen molar-refractivity contribution in [2.45, 2.75) is 0 Å². The van der Waals surface area contributed by atoms with Crippen molar-refractivity contribution in [3.05, 3.63) is 131 Å². The van der Waals surface area contributed by atoms with E-state index in [4.69, 9.17) is 16.6 Å². The summed E-state index contributed by atoms with van der Waals surface area (Å²) >= 11 is 6.10. The Hall–Kier alpha value is -4.55. The van der Waals surface area contributed by atoms with Gasteiger partial charge in [-0.1, -0.05) is 72.3 Å². The number of halogens is 2. The molecule has 0 aliphatic carbocycles. The number of para-hydroxylation sites is 1. The minimum absolute atomic E-state index is 0.252. The van der Waals surface area contributed by atoms with Gasteiger partial charge in [0.1, 0.15) is 17.0 Å². The van der Waals surface area contributed by atoms with E-state index >= 15 is 0 Å². The first-order chi connectivity index (χ1) is 17.6. The van der Waals surface area contributed by atoms with Gasteiger partial charge in [-0.3, -0.25) is 9.36 Å². The highest BCUT2D eigenvalue weighted by atomic mass is 35.5. The molecule has 2 heterocycles. The maximum Gasteiger partial charge on any atom is 0.269 e. The first-order valence-corrected chi connectivity index (χ1v) is 11.7. The fourth-order valence-electron chi connectivity index (χ4n) is 4.24. The Morgan fingerprint density at radius 1 is 0.722 bits per heavy atom. The summed E-state index contributed by atoms with van der Waals surface area (Å²) in [4.78, 5) is 18.7. The average molecular weight is 493 g/mol. The molecule has 0 atom stereocenters. The van der Waals surface area contributed by atoms with Gasteiger partial charge in [0.05, 0.1) is 17.6 Å². The lowest BCUT2D eigenvalue weighted by Gasteiger charge is -2.14. The minimum Gasteiger partial charge on any atom is -0.268 e. The molecule has 0 amide bonds. The van der Waals surface area contributed by atoms with Gasteiger partial charge >= 0.3 is 0 Å². The zero-order valence-electron chi connectivity index (χ0n) is 18.8. The molecule has 0 fully saturated rings. The SMILES string of the molecule is O=c1c2cnn(-c3ccccc3)c2nc(-c2ccc(-c3ccccc3F)cc2)n1-c1ccc(Cl)cc1. The maximum absolute atomic E-state index is 14.3. The zero-order chi connectivity index (χ0) is 24.6. The first kappa shape index (κ1) is 21.9. The van der Waals surface area contributed by atoms with Gasteiger partial charge in [0.25, 0.3) is 5.56 Å². The van der Waals surface area contributed by atoms with Crippen LogP contribution in [0.15, 0.2) is 114 Å². The van der Waals surface area contributed by atoms with E-state index in [0.717, 1.165) is 11.3 Å². The Kier molecular flexibility index (Phi) is 5.43. The largest absolute Gasteiger partial charge is 0.269 e. The van der Waals surface area contributed by atoms with Crippen LogP contribution < -0.4 is 5.56 Å². The van der Waals surface area contributed by atoms with Crippen molar-refractivity contribution in [3.63, 3.8) is 0 Å². The zero-order valence-corrected chi connectivity index (χ0v) is 19.6. The van der Waals surface area contributed by atoms with E-state index < -0.39 is 0 Å². The molecule has 6 aromatic rings. The Labute approximate surface area is 210 Å². The van der Waals surface area contributed by atoms with E-state index in [0.29, 0.717) is 38.7 Å².